The fourth-order valence-corrected chi connectivity index (χ4v) is 1.92. The van der Waals surface area contributed by atoms with Crippen molar-refractivity contribution in [3.63, 3.8) is 0 Å². The number of benzene rings is 1. The molecule has 0 saturated carbocycles. The van der Waals surface area contributed by atoms with E-state index < -0.39 is 5.97 Å². The molecular formula is C13H8FN3O2. The third kappa shape index (κ3) is 1.83. The van der Waals surface area contributed by atoms with Gasteiger partial charge in [0.15, 0.2) is 11.3 Å². The van der Waals surface area contributed by atoms with Crippen LogP contribution in [0.3, 0.4) is 0 Å². The number of carboxylic acids is 1. The predicted octanol–water partition coefficient (Wildman–Crippen LogP) is 2.23. The van der Waals surface area contributed by atoms with Crippen molar-refractivity contribution in [2.75, 3.05) is 0 Å². The van der Waals surface area contributed by atoms with E-state index in [-0.39, 0.29) is 11.5 Å². The van der Waals surface area contributed by atoms with E-state index in [2.05, 4.69) is 9.97 Å². The van der Waals surface area contributed by atoms with Gasteiger partial charge in [0.05, 0.1) is 6.20 Å². The van der Waals surface area contributed by atoms with Crippen molar-refractivity contribution < 1.29 is 14.3 Å². The molecule has 2 heterocycles. The number of aromatic nitrogens is 3. The fraction of sp³-hybridized carbons (Fsp3) is 0. The van der Waals surface area contributed by atoms with E-state index in [0.29, 0.717) is 16.9 Å². The van der Waals surface area contributed by atoms with Gasteiger partial charge in [0, 0.05) is 18.0 Å². The normalized spacial score (nSPS) is 10.8. The zero-order valence-electron chi connectivity index (χ0n) is 9.62. The molecule has 0 aliphatic carbocycles. The van der Waals surface area contributed by atoms with E-state index in [1.165, 1.54) is 47.3 Å². The number of hydrogen-bond acceptors (Lipinski definition) is 3. The molecule has 0 spiro atoms. The molecule has 3 aromatic rings. The first-order chi connectivity index (χ1) is 9.16. The van der Waals surface area contributed by atoms with Crippen LogP contribution in [0, 0.1) is 5.82 Å². The smallest absolute Gasteiger partial charge is 0.355 e. The van der Waals surface area contributed by atoms with Crippen LogP contribution in [0.15, 0.2) is 42.9 Å². The lowest BCUT2D eigenvalue weighted by atomic mass is 10.1. The lowest BCUT2D eigenvalue weighted by Gasteiger charge is -2.00. The van der Waals surface area contributed by atoms with Crippen LogP contribution in [0.25, 0.3) is 16.9 Å². The third-order valence-electron chi connectivity index (χ3n) is 2.75. The Kier molecular flexibility index (Phi) is 2.49. The average molecular weight is 257 g/mol. The largest absolute Gasteiger partial charge is 0.476 e. The zero-order valence-corrected chi connectivity index (χ0v) is 9.62. The Balaban J connectivity index is 2.31. The zero-order chi connectivity index (χ0) is 13.4. The highest BCUT2D eigenvalue weighted by atomic mass is 19.1. The van der Waals surface area contributed by atoms with E-state index >= 15 is 0 Å². The standard InChI is InChI=1S/C13H8FN3O2/c14-9-3-1-8(2-4-9)11-12(13(18)19)17-6-5-15-7-10(17)16-11/h1-7H,(H,18,19). The van der Waals surface area contributed by atoms with Crippen molar-refractivity contribution in [1.29, 1.82) is 0 Å². The van der Waals surface area contributed by atoms with Gasteiger partial charge in [-0.2, -0.15) is 0 Å². The summed E-state index contributed by atoms with van der Waals surface area (Å²) in [6, 6.07) is 5.53. The van der Waals surface area contributed by atoms with Crippen LogP contribution < -0.4 is 0 Å². The quantitative estimate of drug-likeness (QED) is 0.764. The van der Waals surface area contributed by atoms with Gasteiger partial charge >= 0.3 is 5.97 Å². The highest BCUT2D eigenvalue weighted by molar-refractivity contribution is 5.94. The van der Waals surface area contributed by atoms with Crippen LogP contribution in [0.1, 0.15) is 10.5 Å². The molecule has 0 aliphatic rings. The number of carbonyl (C=O) groups is 1. The SMILES string of the molecule is O=C(O)c1c(-c2ccc(F)cc2)nc2cnccn12. The molecule has 0 unspecified atom stereocenters. The topological polar surface area (TPSA) is 67.5 Å². The number of rotatable bonds is 2. The molecule has 1 aromatic carbocycles. The van der Waals surface area contributed by atoms with E-state index in [4.69, 9.17) is 0 Å². The Bertz CT molecular complexity index is 765. The minimum absolute atomic E-state index is 0.0315. The Morgan fingerprint density at radius 3 is 2.68 bits per heavy atom. The number of aromatic carboxylic acids is 1. The number of nitrogens with zero attached hydrogens (tertiary/aromatic N) is 3. The van der Waals surface area contributed by atoms with Crippen molar-refractivity contribution in [2.24, 2.45) is 0 Å². The molecule has 0 atom stereocenters. The van der Waals surface area contributed by atoms with E-state index in [9.17, 15) is 14.3 Å². The number of fused-ring (bicyclic) bond motifs is 1. The monoisotopic (exact) mass is 257 g/mol. The molecule has 2 aromatic heterocycles. The molecule has 1 N–H and O–H groups in total. The van der Waals surface area contributed by atoms with Gasteiger partial charge in [-0.15, -0.1) is 0 Å². The van der Waals surface area contributed by atoms with Gasteiger partial charge in [-0.1, -0.05) is 0 Å². The minimum Gasteiger partial charge on any atom is -0.476 e. The molecule has 94 valence electrons. The van der Waals surface area contributed by atoms with Crippen LogP contribution in [0.4, 0.5) is 4.39 Å². The van der Waals surface area contributed by atoms with E-state index in [0.717, 1.165) is 0 Å². The molecular weight excluding hydrogens is 249 g/mol. The maximum absolute atomic E-state index is 12.9. The van der Waals surface area contributed by atoms with Crippen molar-refractivity contribution in [3.8, 4) is 11.3 Å². The van der Waals surface area contributed by atoms with Gasteiger partial charge < -0.3 is 5.11 Å². The Morgan fingerprint density at radius 2 is 2.00 bits per heavy atom. The molecule has 0 fully saturated rings. The highest BCUT2D eigenvalue weighted by Gasteiger charge is 2.19. The first-order valence-electron chi connectivity index (χ1n) is 5.48. The van der Waals surface area contributed by atoms with Crippen molar-refractivity contribution >= 4 is 11.6 Å². The molecule has 6 heteroatoms. The molecule has 0 aliphatic heterocycles. The number of halogens is 1. The van der Waals surface area contributed by atoms with Gasteiger partial charge in [-0.05, 0) is 24.3 Å². The third-order valence-corrected chi connectivity index (χ3v) is 2.75. The van der Waals surface area contributed by atoms with Crippen LogP contribution >= 0.6 is 0 Å². The summed E-state index contributed by atoms with van der Waals surface area (Å²) < 4.78 is 14.4. The molecule has 3 rings (SSSR count). The number of hydrogen-bond donors (Lipinski definition) is 1. The Labute approximate surface area is 107 Å². The van der Waals surface area contributed by atoms with E-state index in [1.807, 2.05) is 0 Å². The lowest BCUT2D eigenvalue weighted by molar-refractivity contribution is 0.0690. The predicted molar refractivity (Wildman–Crippen MR) is 65.3 cm³/mol. The first-order valence-corrected chi connectivity index (χ1v) is 5.48. The summed E-state index contributed by atoms with van der Waals surface area (Å²) in [4.78, 5) is 19.5. The maximum Gasteiger partial charge on any atom is 0.355 e. The van der Waals surface area contributed by atoms with Gasteiger partial charge in [-0.25, -0.2) is 14.2 Å². The molecule has 19 heavy (non-hydrogen) atoms. The maximum atomic E-state index is 12.9. The van der Waals surface area contributed by atoms with Crippen LogP contribution in [0.5, 0.6) is 0 Å². The molecule has 0 saturated heterocycles. The molecule has 0 radical (unpaired) electrons. The Hall–Kier alpha value is -2.76. The van der Waals surface area contributed by atoms with Gasteiger partial charge in [0.1, 0.15) is 11.5 Å². The number of carboxylic acid groups (broad SMARTS) is 1. The van der Waals surface area contributed by atoms with Crippen LogP contribution in [0.2, 0.25) is 0 Å². The summed E-state index contributed by atoms with van der Waals surface area (Å²) in [5, 5.41) is 9.31. The van der Waals surface area contributed by atoms with Crippen molar-refractivity contribution in [2.45, 2.75) is 0 Å². The molecule has 0 bridgehead atoms. The summed E-state index contributed by atoms with van der Waals surface area (Å²) in [5.74, 6) is -1.48. The summed E-state index contributed by atoms with van der Waals surface area (Å²) >= 11 is 0. The summed E-state index contributed by atoms with van der Waals surface area (Å²) in [5.41, 5.74) is 1.30. The lowest BCUT2D eigenvalue weighted by Crippen LogP contribution is -2.03. The minimum atomic E-state index is -1.10. The molecule has 0 amide bonds. The number of imidazole rings is 1. The average Bonchev–Trinajstić information content (AvgIpc) is 2.78. The van der Waals surface area contributed by atoms with E-state index in [1.54, 1.807) is 0 Å². The highest BCUT2D eigenvalue weighted by Crippen LogP contribution is 2.24. The summed E-state index contributed by atoms with van der Waals surface area (Å²) in [6.45, 7) is 0. The second-order valence-electron chi connectivity index (χ2n) is 3.93. The van der Waals surface area contributed by atoms with Crippen LogP contribution in [-0.2, 0) is 0 Å². The van der Waals surface area contributed by atoms with Gasteiger partial charge in [-0.3, -0.25) is 9.38 Å². The van der Waals surface area contributed by atoms with Crippen LogP contribution in [-0.4, -0.2) is 25.4 Å². The molecule has 5 nitrogen and oxygen atoms in total. The fourth-order valence-electron chi connectivity index (χ4n) is 1.92. The summed E-state index contributed by atoms with van der Waals surface area (Å²) in [7, 11) is 0. The second-order valence-corrected chi connectivity index (χ2v) is 3.93. The van der Waals surface area contributed by atoms with Crippen molar-refractivity contribution in [3.05, 3.63) is 54.4 Å². The van der Waals surface area contributed by atoms with Gasteiger partial charge in [0.25, 0.3) is 0 Å². The first kappa shape index (κ1) is 11.3. The van der Waals surface area contributed by atoms with Crippen molar-refractivity contribution in [1.82, 2.24) is 14.4 Å². The second kappa shape index (κ2) is 4.16. The summed E-state index contributed by atoms with van der Waals surface area (Å²) in [6.07, 6.45) is 4.48. The van der Waals surface area contributed by atoms with Gasteiger partial charge in [0.2, 0.25) is 0 Å². The Morgan fingerprint density at radius 1 is 1.26 bits per heavy atom.